The summed E-state index contributed by atoms with van der Waals surface area (Å²) in [4.78, 5) is 6.64. The van der Waals surface area contributed by atoms with Gasteiger partial charge in [0.05, 0.1) is 0 Å². The van der Waals surface area contributed by atoms with Crippen LogP contribution in [-0.4, -0.2) is 51.3 Å². The summed E-state index contributed by atoms with van der Waals surface area (Å²) in [6, 6.07) is 8.75. The normalized spacial score (nSPS) is 16.4. The van der Waals surface area contributed by atoms with Crippen LogP contribution in [0.4, 0.5) is 0 Å². The summed E-state index contributed by atoms with van der Waals surface area (Å²) >= 11 is 0. The molecule has 1 aromatic rings. The molecule has 0 spiro atoms. The molecule has 1 aliphatic rings. The molecule has 4 nitrogen and oxygen atoms in total. The predicted molar refractivity (Wildman–Crippen MR) is 97.0 cm³/mol. The van der Waals surface area contributed by atoms with Gasteiger partial charge in [0, 0.05) is 40.4 Å². The monoisotopic (exact) mass is 317 g/mol. The van der Waals surface area contributed by atoms with Crippen molar-refractivity contribution in [2.24, 2.45) is 10.9 Å². The smallest absolute Gasteiger partial charge is 0.193 e. The lowest BCUT2D eigenvalue weighted by Gasteiger charge is -2.26. The van der Waals surface area contributed by atoms with Crippen molar-refractivity contribution in [3.8, 4) is 0 Å². The minimum absolute atomic E-state index is 0.803. The molecule has 23 heavy (non-hydrogen) atoms. The van der Waals surface area contributed by atoms with Crippen LogP contribution in [0.15, 0.2) is 29.3 Å². The van der Waals surface area contributed by atoms with Crippen molar-refractivity contribution < 1.29 is 4.74 Å². The molecule has 0 bridgehead atoms. The maximum atomic E-state index is 5.43. The lowest BCUT2D eigenvalue weighted by atomic mass is 9.96. The molecule has 0 aromatic heterocycles. The van der Waals surface area contributed by atoms with Crippen molar-refractivity contribution in [3.63, 3.8) is 0 Å². The molecule has 0 radical (unpaired) electrons. The van der Waals surface area contributed by atoms with Gasteiger partial charge in [-0.3, -0.25) is 4.99 Å². The van der Waals surface area contributed by atoms with Crippen molar-refractivity contribution in [3.05, 3.63) is 35.4 Å². The van der Waals surface area contributed by atoms with Crippen LogP contribution in [0.5, 0.6) is 0 Å². The molecule has 1 aromatic carbocycles. The van der Waals surface area contributed by atoms with Crippen LogP contribution in [0.1, 0.15) is 30.4 Å². The Bertz CT molecular complexity index is 478. The van der Waals surface area contributed by atoms with E-state index in [1.165, 1.54) is 30.4 Å². The molecule has 0 saturated carbocycles. The molecule has 1 aliphatic heterocycles. The average Bonchev–Trinajstić information content (AvgIpc) is 2.59. The van der Waals surface area contributed by atoms with Crippen LogP contribution in [0, 0.1) is 12.8 Å². The summed E-state index contributed by atoms with van der Waals surface area (Å²) in [6.07, 6.45) is 4.65. The molecule has 0 atom stereocenters. The van der Waals surface area contributed by atoms with E-state index >= 15 is 0 Å². The molecule has 2 rings (SSSR count). The van der Waals surface area contributed by atoms with E-state index in [2.05, 4.69) is 53.4 Å². The topological polar surface area (TPSA) is 36.9 Å². The highest BCUT2D eigenvalue weighted by Crippen LogP contribution is 2.18. The Balaban J connectivity index is 1.69. The number of aliphatic imine (C=N–C) groups is 1. The minimum Gasteiger partial charge on any atom is -0.381 e. The Hall–Kier alpha value is -1.55. The summed E-state index contributed by atoms with van der Waals surface area (Å²) in [5.41, 5.74) is 2.67. The zero-order valence-corrected chi connectivity index (χ0v) is 14.8. The van der Waals surface area contributed by atoms with E-state index in [-0.39, 0.29) is 0 Å². The largest absolute Gasteiger partial charge is 0.381 e. The van der Waals surface area contributed by atoms with Gasteiger partial charge in [-0.25, -0.2) is 0 Å². The predicted octanol–water partition coefficient (Wildman–Crippen LogP) is 2.86. The molecule has 1 fully saturated rings. The minimum atomic E-state index is 0.803. The fourth-order valence-electron chi connectivity index (χ4n) is 2.98. The molecular formula is C19H31N3O. The molecule has 0 unspecified atom stereocenters. The molecular weight excluding hydrogens is 286 g/mol. The van der Waals surface area contributed by atoms with E-state index in [9.17, 15) is 0 Å². The van der Waals surface area contributed by atoms with Crippen LogP contribution >= 0.6 is 0 Å². The highest BCUT2D eigenvalue weighted by Gasteiger charge is 2.15. The summed E-state index contributed by atoms with van der Waals surface area (Å²) < 4.78 is 5.43. The highest BCUT2D eigenvalue weighted by atomic mass is 16.5. The van der Waals surface area contributed by atoms with Gasteiger partial charge in [0.15, 0.2) is 5.96 Å². The first-order chi connectivity index (χ1) is 11.2. The van der Waals surface area contributed by atoms with Crippen molar-refractivity contribution in [1.29, 1.82) is 0 Å². The summed E-state index contributed by atoms with van der Waals surface area (Å²) in [7, 11) is 3.99. The number of ether oxygens (including phenoxy) is 1. The third-order valence-corrected chi connectivity index (χ3v) is 4.60. The van der Waals surface area contributed by atoms with Crippen LogP contribution in [0.3, 0.4) is 0 Å². The summed E-state index contributed by atoms with van der Waals surface area (Å²) in [5.74, 6) is 1.79. The number of benzene rings is 1. The molecule has 1 saturated heterocycles. The zero-order valence-electron chi connectivity index (χ0n) is 14.8. The van der Waals surface area contributed by atoms with E-state index in [1.54, 1.807) is 0 Å². The lowest BCUT2D eigenvalue weighted by molar-refractivity contribution is 0.0625. The van der Waals surface area contributed by atoms with Gasteiger partial charge in [-0.15, -0.1) is 0 Å². The van der Waals surface area contributed by atoms with Crippen LogP contribution in [-0.2, 0) is 11.2 Å². The number of guanidine groups is 1. The van der Waals surface area contributed by atoms with Crippen LogP contribution in [0.2, 0.25) is 0 Å². The number of hydrogen-bond donors (Lipinski definition) is 1. The van der Waals surface area contributed by atoms with Gasteiger partial charge in [0.1, 0.15) is 0 Å². The summed E-state index contributed by atoms with van der Waals surface area (Å²) in [6.45, 7) is 5.94. The van der Waals surface area contributed by atoms with Gasteiger partial charge in [-0.05, 0) is 44.1 Å². The Kier molecular flexibility index (Phi) is 7.40. The first-order valence-corrected chi connectivity index (χ1v) is 8.74. The maximum Gasteiger partial charge on any atom is 0.193 e. The lowest BCUT2D eigenvalue weighted by Crippen LogP contribution is -2.40. The maximum absolute atomic E-state index is 5.43. The van der Waals surface area contributed by atoms with E-state index < -0.39 is 0 Å². The van der Waals surface area contributed by atoms with Gasteiger partial charge in [0.2, 0.25) is 0 Å². The first-order valence-electron chi connectivity index (χ1n) is 8.74. The van der Waals surface area contributed by atoms with Gasteiger partial charge >= 0.3 is 0 Å². The van der Waals surface area contributed by atoms with E-state index in [1.807, 2.05) is 7.05 Å². The fourth-order valence-corrected chi connectivity index (χ4v) is 2.98. The number of nitrogens with one attached hydrogen (secondary N) is 1. The Labute approximate surface area is 140 Å². The van der Waals surface area contributed by atoms with Gasteiger partial charge in [0.25, 0.3) is 0 Å². The van der Waals surface area contributed by atoms with Crippen molar-refractivity contribution in [2.45, 2.75) is 32.6 Å². The second-order valence-corrected chi connectivity index (χ2v) is 6.48. The van der Waals surface area contributed by atoms with Crippen molar-refractivity contribution >= 4 is 5.96 Å². The first kappa shape index (κ1) is 17.8. The van der Waals surface area contributed by atoms with Gasteiger partial charge in [-0.1, -0.05) is 29.8 Å². The third-order valence-electron chi connectivity index (χ3n) is 4.60. The second-order valence-electron chi connectivity index (χ2n) is 6.48. The molecule has 1 heterocycles. The molecule has 1 N–H and O–H groups in total. The standard InChI is InChI=1S/C19H31N3O/c1-16-4-6-17(7-5-16)8-12-21-19(20-2)22(3)13-9-18-10-14-23-15-11-18/h4-7,18H,8-15H2,1-3H3,(H,20,21). The van der Waals surface area contributed by atoms with Crippen molar-refractivity contribution in [1.82, 2.24) is 10.2 Å². The number of rotatable bonds is 6. The molecule has 0 amide bonds. The summed E-state index contributed by atoms with van der Waals surface area (Å²) in [5, 5.41) is 3.47. The SMILES string of the molecule is CN=C(NCCc1ccc(C)cc1)N(C)CCC1CCOCC1. The molecule has 4 heteroatoms. The average molecular weight is 317 g/mol. The van der Waals surface area contributed by atoms with E-state index in [0.29, 0.717) is 0 Å². The fraction of sp³-hybridized carbons (Fsp3) is 0.632. The number of aryl methyl sites for hydroxylation is 1. The Morgan fingerprint density at radius 2 is 1.96 bits per heavy atom. The second kappa shape index (κ2) is 9.56. The quantitative estimate of drug-likeness (QED) is 0.647. The number of nitrogens with zero attached hydrogens (tertiary/aromatic N) is 2. The Morgan fingerprint density at radius 3 is 2.61 bits per heavy atom. The Morgan fingerprint density at radius 1 is 1.26 bits per heavy atom. The van der Waals surface area contributed by atoms with Crippen LogP contribution in [0.25, 0.3) is 0 Å². The van der Waals surface area contributed by atoms with E-state index in [0.717, 1.165) is 44.6 Å². The number of hydrogen-bond acceptors (Lipinski definition) is 2. The van der Waals surface area contributed by atoms with Gasteiger partial charge < -0.3 is 15.0 Å². The molecule has 0 aliphatic carbocycles. The highest BCUT2D eigenvalue weighted by molar-refractivity contribution is 5.79. The van der Waals surface area contributed by atoms with E-state index in [4.69, 9.17) is 4.74 Å². The van der Waals surface area contributed by atoms with Crippen molar-refractivity contribution in [2.75, 3.05) is 40.4 Å². The molecule has 128 valence electrons. The third kappa shape index (κ3) is 6.22. The van der Waals surface area contributed by atoms with Gasteiger partial charge in [-0.2, -0.15) is 0 Å². The van der Waals surface area contributed by atoms with Crippen LogP contribution < -0.4 is 5.32 Å². The zero-order chi connectivity index (χ0) is 16.5.